The summed E-state index contributed by atoms with van der Waals surface area (Å²) in [7, 11) is 0. The average molecular weight is 375 g/mol. The van der Waals surface area contributed by atoms with Crippen LogP contribution in [0.5, 0.6) is 0 Å². The summed E-state index contributed by atoms with van der Waals surface area (Å²) < 4.78 is 1.88. The van der Waals surface area contributed by atoms with Crippen molar-refractivity contribution in [2.75, 3.05) is 5.32 Å². The van der Waals surface area contributed by atoms with E-state index < -0.39 is 5.91 Å². The Labute approximate surface area is 155 Å². The fourth-order valence-electron chi connectivity index (χ4n) is 2.72. The number of anilines is 1. The lowest BCUT2D eigenvalue weighted by molar-refractivity contribution is 0.102. The van der Waals surface area contributed by atoms with Crippen molar-refractivity contribution in [3.63, 3.8) is 0 Å². The third-order valence-corrected chi connectivity index (χ3v) is 4.55. The predicted octanol–water partition coefficient (Wildman–Crippen LogP) is 4.89. The van der Waals surface area contributed by atoms with Gasteiger partial charge in [0.15, 0.2) is 0 Å². The number of hydrogen-bond acceptors (Lipinski definition) is 2. The molecule has 0 aliphatic heterocycles. The van der Waals surface area contributed by atoms with Gasteiger partial charge in [-0.15, -0.1) is 0 Å². The fraction of sp³-hybridized carbons (Fsp3) is 0.158. The van der Waals surface area contributed by atoms with E-state index in [9.17, 15) is 9.59 Å². The van der Waals surface area contributed by atoms with Crippen molar-refractivity contribution >= 4 is 45.7 Å². The Hall–Kier alpha value is -2.30. The molecule has 0 saturated heterocycles. The number of hydrogen-bond donors (Lipinski definition) is 1. The summed E-state index contributed by atoms with van der Waals surface area (Å²) in [6.45, 7) is 4.51. The molecule has 3 aromatic rings. The van der Waals surface area contributed by atoms with E-state index in [0.717, 1.165) is 11.1 Å². The van der Waals surface area contributed by atoms with Crippen LogP contribution in [0.1, 0.15) is 22.8 Å². The van der Waals surface area contributed by atoms with E-state index >= 15 is 0 Å². The van der Waals surface area contributed by atoms with E-state index in [1.54, 1.807) is 24.4 Å². The molecule has 128 valence electrons. The molecule has 0 fully saturated rings. The molecule has 0 saturated carbocycles. The number of fused-ring (bicyclic) bond motifs is 1. The van der Waals surface area contributed by atoms with Crippen LogP contribution >= 0.6 is 23.2 Å². The van der Waals surface area contributed by atoms with Crippen LogP contribution in [-0.2, 0) is 6.54 Å². The summed E-state index contributed by atoms with van der Waals surface area (Å²) in [4.78, 5) is 25.4. The number of carbonyl (C=O) groups excluding carboxylic acids is 1. The minimum absolute atomic E-state index is 0.0750. The Kier molecular flexibility index (Phi) is 4.84. The van der Waals surface area contributed by atoms with Gasteiger partial charge in [-0.1, -0.05) is 34.8 Å². The number of amides is 1. The van der Waals surface area contributed by atoms with Crippen LogP contribution in [0, 0.1) is 6.92 Å². The lowest BCUT2D eigenvalue weighted by Crippen LogP contribution is -2.24. The Morgan fingerprint density at radius 2 is 1.92 bits per heavy atom. The van der Waals surface area contributed by atoms with Gasteiger partial charge in [0.25, 0.3) is 5.91 Å². The number of benzene rings is 2. The smallest absolute Gasteiger partial charge is 0.261 e. The SMILES string of the molecule is CCn1cc(C(=O)Nc2ccc(Cl)cc2Cl)c(=O)c2cc(C)ccc21. The normalized spacial score (nSPS) is 10.9. The molecule has 0 spiro atoms. The Morgan fingerprint density at radius 3 is 2.60 bits per heavy atom. The fourth-order valence-corrected chi connectivity index (χ4v) is 3.17. The van der Waals surface area contributed by atoms with E-state index in [1.807, 2.05) is 30.5 Å². The molecule has 0 bridgehead atoms. The molecular formula is C19H16Cl2N2O2. The molecule has 1 heterocycles. The standard InChI is InChI=1S/C19H16Cl2N2O2/c1-3-23-10-14(18(24)13-8-11(2)4-7-17(13)23)19(25)22-16-6-5-12(20)9-15(16)21/h4-10H,3H2,1-2H3,(H,22,25). The number of nitrogens with zero attached hydrogens (tertiary/aromatic N) is 1. The second-order valence-corrected chi connectivity index (χ2v) is 6.60. The first kappa shape index (κ1) is 17.5. The molecule has 4 nitrogen and oxygen atoms in total. The van der Waals surface area contributed by atoms with Gasteiger partial charge in [-0.3, -0.25) is 9.59 Å². The maximum Gasteiger partial charge on any atom is 0.261 e. The van der Waals surface area contributed by atoms with Crippen molar-refractivity contribution in [2.24, 2.45) is 0 Å². The molecule has 25 heavy (non-hydrogen) atoms. The largest absolute Gasteiger partial charge is 0.347 e. The van der Waals surface area contributed by atoms with Gasteiger partial charge < -0.3 is 9.88 Å². The van der Waals surface area contributed by atoms with Crippen LogP contribution in [0.15, 0.2) is 47.4 Å². The first-order chi connectivity index (χ1) is 11.9. The molecule has 1 N–H and O–H groups in total. The van der Waals surface area contributed by atoms with Gasteiger partial charge >= 0.3 is 0 Å². The van der Waals surface area contributed by atoms with Gasteiger partial charge in [-0.2, -0.15) is 0 Å². The van der Waals surface area contributed by atoms with Crippen molar-refractivity contribution in [3.05, 3.63) is 74.0 Å². The Balaban J connectivity index is 2.10. The number of halogens is 2. The third-order valence-electron chi connectivity index (χ3n) is 4.00. The van der Waals surface area contributed by atoms with E-state index in [4.69, 9.17) is 23.2 Å². The first-order valence-corrected chi connectivity index (χ1v) is 8.56. The van der Waals surface area contributed by atoms with Crippen LogP contribution < -0.4 is 10.7 Å². The molecule has 0 aliphatic carbocycles. The Bertz CT molecular complexity index is 1040. The zero-order valence-corrected chi connectivity index (χ0v) is 15.3. The van der Waals surface area contributed by atoms with E-state index in [2.05, 4.69) is 5.32 Å². The van der Waals surface area contributed by atoms with Crippen LogP contribution in [0.3, 0.4) is 0 Å². The summed E-state index contributed by atoms with van der Waals surface area (Å²) in [5.41, 5.74) is 1.95. The summed E-state index contributed by atoms with van der Waals surface area (Å²) in [6.07, 6.45) is 1.58. The van der Waals surface area contributed by atoms with Gasteiger partial charge in [-0.05, 0) is 44.2 Å². The van der Waals surface area contributed by atoms with Gasteiger partial charge in [0, 0.05) is 23.2 Å². The molecular weight excluding hydrogens is 359 g/mol. The van der Waals surface area contributed by atoms with Gasteiger partial charge in [0.2, 0.25) is 5.43 Å². The van der Waals surface area contributed by atoms with Crippen molar-refractivity contribution < 1.29 is 4.79 Å². The van der Waals surface area contributed by atoms with Crippen molar-refractivity contribution in [1.82, 2.24) is 4.57 Å². The topological polar surface area (TPSA) is 51.1 Å². The minimum Gasteiger partial charge on any atom is -0.347 e. The second kappa shape index (κ2) is 6.90. The Morgan fingerprint density at radius 1 is 1.16 bits per heavy atom. The molecule has 2 aromatic carbocycles. The van der Waals surface area contributed by atoms with Crippen molar-refractivity contribution in [3.8, 4) is 0 Å². The van der Waals surface area contributed by atoms with Crippen molar-refractivity contribution in [2.45, 2.75) is 20.4 Å². The molecule has 0 atom stereocenters. The van der Waals surface area contributed by atoms with E-state index in [1.165, 1.54) is 6.07 Å². The third kappa shape index (κ3) is 3.41. The van der Waals surface area contributed by atoms with E-state index in [-0.39, 0.29) is 11.0 Å². The molecule has 0 aliphatic rings. The predicted molar refractivity (Wildman–Crippen MR) is 103 cm³/mol. The summed E-state index contributed by atoms with van der Waals surface area (Å²) in [5.74, 6) is -0.500. The zero-order chi connectivity index (χ0) is 18.1. The van der Waals surface area contributed by atoms with Crippen LogP contribution in [0.2, 0.25) is 10.0 Å². The number of rotatable bonds is 3. The maximum absolute atomic E-state index is 12.8. The molecule has 6 heteroatoms. The maximum atomic E-state index is 12.8. The van der Waals surface area contributed by atoms with Crippen molar-refractivity contribution in [1.29, 1.82) is 0 Å². The average Bonchev–Trinajstić information content (AvgIpc) is 2.58. The lowest BCUT2D eigenvalue weighted by atomic mass is 10.1. The highest BCUT2D eigenvalue weighted by Crippen LogP contribution is 2.25. The number of pyridine rings is 1. The highest BCUT2D eigenvalue weighted by Gasteiger charge is 2.16. The summed E-state index contributed by atoms with van der Waals surface area (Å²) in [6, 6.07) is 10.4. The molecule has 0 radical (unpaired) electrons. The molecule has 0 unspecified atom stereocenters. The summed E-state index contributed by atoms with van der Waals surface area (Å²) in [5, 5.41) is 3.99. The second-order valence-electron chi connectivity index (χ2n) is 5.76. The van der Waals surface area contributed by atoms with Crippen LogP contribution in [0.4, 0.5) is 5.69 Å². The van der Waals surface area contributed by atoms with E-state index in [0.29, 0.717) is 27.7 Å². The van der Waals surface area contributed by atoms with Gasteiger partial charge in [-0.25, -0.2) is 0 Å². The zero-order valence-electron chi connectivity index (χ0n) is 13.8. The van der Waals surface area contributed by atoms with Crippen LogP contribution in [0.25, 0.3) is 10.9 Å². The van der Waals surface area contributed by atoms with Gasteiger partial charge in [0.1, 0.15) is 5.56 Å². The first-order valence-electron chi connectivity index (χ1n) is 7.81. The lowest BCUT2D eigenvalue weighted by Gasteiger charge is -2.13. The van der Waals surface area contributed by atoms with Crippen LogP contribution in [-0.4, -0.2) is 10.5 Å². The minimum atomic E-state index is -0.500. The molecule has 1 amide bonds. The number of aromatic nitrogens is 1. The summed E-state index contributed by atoms with van der Waals surface area (Å²) >= 11 is 12.0. The molecule has 3 rings (SSSR count). The molecule has 1 aromatic heterocycles. The number of aryl methyl sites for hydroxylation is 2. The number of carbonyl (C=O) groups is 1. The van der Waals surface area contributed by atoms with Gasteiger partial charge in [0.05, 0.1) is 16.2 Å². The highest BCUT2D eigenvalue weighted by molar-refractivity contribution is 6.36. The highest BCUT2D eigenvalue weighted by atomic mass is 35.5. The number of nitrogens with one attached hydrogen (secondary N) is 1. The monoisotopic (exact) mass is 374 g/mol. The quantitative estimate of drug-likeness (QED) is 0.709.